The predicted molar refractivity (Wildman–Crippen MR) is 109 cm³/mol. The van der Waals surface area contributed by atoms with Crippen LogP contribution in [0.3, 0.4) is 0 Å². The first-order valence-corrected chi connectivity index (χ1v) is 9.04. The van der Waals surface area contributed by atoms with E-state index in [1.54, 1.807) is 0 Å². The Balaban J connectivity index is 1.85. The first-order valence-electron chi connectivity index (χ1n) is 9.04. The van der Waals surface area contributed by atoms with Gasteiger partial charge in [-0.2, -0.15) is 0 Å². The molecule has 0 saturated carbocycles. The van der Waals surface area contributed by atoms with Crippen molar-refractivity contribution >= 4 is 0 Å². The van der Waals surface area contributed by atoms with Crippen molar-refractivity contribution in [3.8, 4) is 16.8 Å². The molecule has 130 valence electrons. The molecule has 1 nitrogen and oxygen atoms in total. The van der Waals surface area contributed by atoms with E-state index in [9.17, 15) is 0 Å². The van der Waals surface area contributed by atoms with Gasteiger partial charge >= 0.3 is 0 Å². The van der Waals surface area contributed by atoms with Gasteiger partial charge in [0.05, 0.1) is 0 Å². The SMILES string of the molecule is CC(C)(C)c1ccc(-c2ccn(-c3ccc(C(C)(C)C)cc3)c2)cc1. The van der Waals surface area contributed by atoms with Crippen LogP contribution in [-0.4, -0.2) is 4.57 Å². The van der Waals surface area contributed by atoms with E-state index in [1.165, 1.54) is 27.9 Å². The highest BCUT2D eigenvalue weighted by Gasteiger charge is 2.14. The van der Waals surface area contributed by atoms with Gasteiger partial charge < -0.3 is 4.57 Å². The van der Waals surface area contributed by atoms with Crippen LogP contribution in [0.2, 0.25) is 0 Å². The molecule has 2 aromatic carbocycles. The van der Waals surface area contributed by atoms with Gasteiger partial charge in [0.1, 0.15) is 0 Å². The summed E-state index contributed by atoms with van der Waals surface area (Å²) in [6.45, 7) is 13.5. The number of hydrogen-bond acceptors (Lipinski definition) is 0. The fourth-order valence-corrected chi connectivity index (χ4v) is 3.02. The fourth-order valence-electron chi connectivity index (χ4n) is 3.02. The summed E-state index contributed by atoms with van der Waals surface area (Å²) >= 11 is 0. The van der Waals surface area contributed by atoms with Gasteiger partial charge in [-0.3, -0.25) is 0 Å². The second-order valence-corrected chi connectivity index (χ2v) is 8.93. The van der Waals surface area contributed by atoms with Gasteiger partial charge in [0, 0.05) is 18.1 Å². The van der Waals surface area contributed by atoms with E-state index in [0.29, 0.717) is 0 Å². The summed E-state index contributed by atoms with van der Waals surface area (Å²) in [5.74, 6) is 0. The average molecular weight is 332 g/mol. The van der Waals surface area contributed by atoms with Crippen molar-refractivity contribution in [2.75, 3.05) is 0 Å². The molecule has 0 N–H and O–H groups in total. The van der Waals surface area contributed by atoms with Gasteiger partial charge in [-0.25, -0.2) is 0 Å². The molecule has 1 aromatic heterocycles. The molecule has 0 amide bonds. The maximum Gasteiger partial charge on any atom is 0.0449 e. The predicted octanol–water partition coefficient (Wildman–Crippen LogP) is 6.74. The van der Waals surface area contributed by atoms with Crippen LogP contribution in [0.1, 0.15) is 52.7 Å². The fraction of sp³-hybridized carbons (Fsp3) is 0.333. The zero-order valence-electron chi connectivity index (χ0n) is 16.3. The Morgan fingerprint density at radius 3 is 1.52 bits per heavy atom. The largest absolute Gasteiger partial charge is 0.323 e. The normalized spacial score (nSPS) is 12.4. The van der Waals surface area contributed by atoms with Crippen LogP contribution < -0.4 is 0 Å². The Morgan fingerprint density at radius 1 is 0.560 bits per heavy atom. The van der Waals surface area contributed by atoms with Crippen molar-refractivity contribution in [2.45, 2.75) is 52.4 Å². The Hall–Kier alpha value is -2.28. The number of nitrogens with zero attached hydrogens (tertiary/aromatic N) is 1. The van der Waals surface area contributed by atoms with E-state index in [4.69, 9.17) is 0 Å². The number of benzene rings is 2. The van der Waals surface area contributed by atoms with E-state index in [0.717, 1.165) is 0 Å². The summed E-state index contributed by atoms with van der Waals surface area (Å²) in [4.78, 5) is 0. The van der Waals surface area contributed by atoms with E-state index >= 15 is 0 Å². The Kier molecular flexibility index (Phi) is 4.36. The molecule has 3 rings (SSSR count). The Labute approximate surface area is 152 Å². The smallest absolute Gasteiger partial charge is 0.0449 e. The van der Waals surface area contributed by atoms with E-state index in [-0.39, 0.29) is 10.8 Å². The minimum absolute atomic E-state index is 0.190. The lowest BCUT2D eigenvalue weighted by molar-refractivity contribution is 0.590. The summed E-state index contributed by atoms with van der Waals surface area (Å²) in [5, 5.41) is 0. The molecule has 0 aliphatic heterocycles. The highest BCUT2D eigenvalue weighted by atomic mass is 14.9. The third-order valence-electron chi connectivity index (χ3n) is 4.81. The highest BCUT2D eigenvalue weighted by molar-refractivity contribution is 5.64. The summed E-state index contributed by atoms with van der Waals surface area (Å²) in [6.07, 6.45) is 4.34. The van der Waals surface area contributed by atoms with E-state index in [2.05, 4.69) is 113 Å². The molecule has 0 radical (unpaired) electrons. The summed E-state index contributed by atoms with van der Waals surface area (Å²) in [7, 11) is 0. The van der Waals surface area contributed by atoms with Crippen molar-refractivity contribution in [3.05, 3.63) is 78.1 Å². The molecular formula is C24H29N. The first kappa shape index (κ1) is 17.5. The van der Waals surface area contributed by atoms with Crippen LogP contribution in [0.25, 0.3) is 16.8 Å². The second-order valence-electron chi connectivity index (χ2n) is 8.93. The van der Waals surface area contributed by atoms with Crippen LogP contribution in [0.15, 0.2) is 67.0 Å². The van der Waals surface area contributed by atoms with Gasteiger partial charge in [-0.05, 0) is 51.3 Å². The molecule has 0 saturated heterocycles. The van der Waals surface area contributed by atoms with Crippen LogP contribution in [0.4, 0.5) is 0 Å². The first-order chi connectivity index (χ1) is 11.6. The van der Waals surface area contributed by atoms with Crippen LogP contribution >= 0.6 is 0 Å². The maximum absolute atomic E-state index is 2.25. The zero-order chi connectivity index (χ0) is 18.2. The summed E-state index contributed by atoms with van der Waals surface area (Å²) < 4.78 is 2.19. The number of rotatable bonds is 2. The van der Waals surface area contributed by atoms with E-state index in [1.807, 2.05) is 0 Å². The second kappa shape index (κ2) is 6.22. The van der Waals surface area contributed by atoms with Gasteiger partial charge in [0.25, 0.3) is 0 Å². The van der Waals surface area contributed by atoms with Gasteiger partial charge in [-0.1, -0.05) is 77.9 Å². The van der Waals surface area contributed by atoms with E-state index < -0.39 is 0 Å². The third kappa shape index (κ3) is 3.87. The highest BCUT2D eigenvalue weighted by Crippen LogP contribution is 2.28. The Bertz CT molecular complexity index is 763. The van der Waals surface area contributed by atoms with Gasteiger partial charge in [0.2, 0.25) is 0 Å². The molecule has 1 heterocycles. The molecule has 0 unspecified atom stereocenters. The van der Waals surface area contributed by atoms with Gasteiger partial charge in [0.15, 0.2) is 0 Å². The summed E-state index contributed by atoms with van der Waals surface area (Å²) in [5.41, 5.74) is 6.83. The minimum Gasteiger partial charge on any atom is -0.323 e. The van der Waals surface area contributed by atoms with Crippen LogP contribution in [0.5, 0.6) is 0 Å². The average Bonchev–Trinajstić information content (AvgIpc) is 3.03. The van der Waals surface area contributed by atoms with Crippen molar-refractivity contribution in [1.82, 2.24) is 4.57 Å². The number of aromatic nitrogens is 1. The van der Waals surface area contributed by atoms with Crippen molar-refractivity contribution in [1.29, 1.82) is 0 Å². The molecule has 0 atom stereocenters. The monoisotopic (exact) mass is 331 g/mol. The summed E-state index contributed by atoms with van der Waals surface area (Å²) in [6, 6.07) is 20.0. The molecule has 25 heavy (non-hydrogen) atoms. The molecule has 3 aromatic rings. The Morgan fingerprint density at radius 2 is 1.04 bits per heavy atom. The quantitative estimate of drug-likeness (QED) is 0.490. The number of hydrogen-bond donors (Lipinski definition) is 0. The lowest BCUT2D eigenvalue weighted by Crippen LogP contribution is -2.10. The maximum atomic E-state index is 2.25. The molecule has 0 aliphatic rings. The standard InChI is InChI=1S/C24H29N/c1-23(2,3)20-9-7-18(8-10-20)19-15-16-25(17-19)22-13-11-21(12-14-22)24(4,5)6/h7-17H,1-6H3. The molecule has 0 spiro atoms. The lowest BCUT2D eigenvalue weighted by atomic mass is 9.86. The van der Waals surface area contributed by atoms with Crippen LogP contribution in [0, 0.1) is 0 Å². The molecule has 1 heteroatoms. The molecule has 0 aliphatic carbocycles. The molecular weight excluding hydrogens is 302 g/mol. The zero-order valence-corrected chi connectivity index (χ0v) is 16.3. The van der Waals surface area contributed by atoms with Gasteiger partial charge in [-0.15, -0.1) is 0 Å². The minimum atomic E-state index is 0.190. The van der Waals surface area contributed by atoms with Crippen LogP contribution in [-0.2, 0) is 10.8 Å². The topological polar surface area (TPSA) is 4.93 Å². The third-order valence-corrected chi connectivity index (χ3v) is 4.81. The molecule has 0 fully saturated rings. The lowest BCUT2D eigenvalue weighted by Gasteiger charge is -2.19. The van der Waals surface area contributed by atoms with Crippen molar-refractivity contribution in [2.24, 2.45) is 0 Å². The van der Waals surface area contributed by atoms with Crippen molar-refractivity contribution < 1.29 is 0 Å². The molecule has 0 bridgehead atoms. The van der Waals surface area contributed by atoms with Crippen molar-refractivity contribution in [3.63, 3.8) is 0 Å².